The molecule has 0 aliphatic heterocycles. The van der Waals surface area contributed by atoms with Gasteiger partial charge in [0.15, 0.2) is 0 Å². The van der Waals surface area contributed by atoms with E-state index in [0.717, 1.165) is 57.9 Å². The molecule has 3 nitrogen and oxygen atoms in total. The summed E-state index contributed by atoms with van der Waals surface area (Å²) in [4.78, 5) is 13.4. The maximum Gasteiger partial charge on any atom is 0.133 e. The van der Waals surface area contributed by atoms with E-state index in [4.69, 9.17) is 0 Å². The summed E-state index contributed by atoms with van der Waals surface area (Å²) >= 11 is 0. The Kier molecular flexibility index (Phi) is 3.65. The first kappa shape index (κ1) is 12.1. The van der Waals surface area contributed by atoms with Crippen molar-refractivity contribution in [3.8, 4) is 0 Å². The molecule has 0 radical (unpaired) electrons. The van der Waals surface area contributed by atoms with Crippen LogP contribution in [0.25, 0.3) is 0 Å². The Balaban J connectivity index is 1.83. The van der Waals surface area contributed by atoms with Crippen molar-refractivity contribution >= 4 is 5.78 Å². The minimum atomic E-state index is -0.448. The molecule has 0 aromatic rings. The molecule has 0 spiro atoms. The van der Waals surface area contributed by atoms with Gasteiger partial charge in [0.05, 0.1) is 5.60 Å². The third kappa shape index (κ3) is 2.83. The number of rotatable bonds is 3. The van der Waals surface area contributed by atoms with Gasteiger partial charge in [-0.3, -0.25) is 4.79 Å². The van der Waals surface area contributed by atoms with Crippen molar-refractivity contribution in [2.45, 2.75) is 63.0 Å². The third-order valence-corrected chi connectivity index (χ3v) is 4.21. The van der Waals surface area contributed by atoms with Crippen LogP contribution in [0.1, 0.15) is 51.4 Å². The Hall–Kier alpha value is -0.410. The van der Waals surface area contributed by atoms with Crippen LogP contribution in [-0.2, 0) is 4.79 Å². The van der Waals surface area contributed by atoms with E-state index in [-0.39, 0.29) is 0 Å². The molecule has 3 heteroatoms. The average Bonchev–Trinajstić information content (AvgIpc) is 2.65. The lowest BCUT2D eigenvalue weighted by Gasteiger charge is -2.35. The van der Waals surface area contributed by atoms with Gasteiger partial charge in [-0.05, 0) is 32.7 Å². The molecule has 0 aromatic heterocycles. The molecule has 2 saturated carbocycles. The standard InChI is InChI=1S/C13H23NO2/c1-14(10-13(16)8-2-3-9-13)11-4-6-12(15)7-5-11/h11,16H,2-10H2,1H3. The minimum absolute atomic E-state index is 0.407. The van der Waals surface area contributed by atoms with Crippen LogP contribution in [0.3, 0.4) is 0 Å². The monoisotopic (exact) mass is 225 g/mol. The van der Waals surface area contributed by atoms with Crippen molar-refractivity contribution < 1.29 is 9.90 Å². The minimum Gasteiger partial charge on any atom is -0.389 e. The first-order chi connectivity index (χ1) is 7.59. The second kappa shape index (κ2) is 4.84. The Morgan fingerprint density at radius 2 is 1.88 bits per heavy atom. The fourth-order valence-corrected chi connectivity index (χ4v) is 3.15. The van der Waals surface area contributed by atoms with Gasteiger partial charge in [0, 0.05) is 25.4 Å². The first-order valence-electron chi connectivity index (χ1n) is 6.53. The van der Waals surface area contributed by atoms with E-state index in [1.807, 2.05) is 0 Å². The Morgan fingerprint density at radius 1 is 1.31 bits per heavy atom. The quantitative estimate of drug-likeness (QED) is 0.795. The smallest absolute Gasteiger partial charge is 0.133 e. The molecular formula is C13H23NO2. The van der Waals surface area contributed by atoms with Gasteiger partial charge >= 0.3 is 0 Å². The maximum absolute atomic E-state index is 11.2. The van der Waals surface area contributed by atoms with Crippen LogP contribution >= 0.6 is 0 Å². The summed E-state index contributed by atoms with van der Waals surface area (Å²) in [7, 11) is 2.09. The molecule has 0 bridgehead atoms. The summed E-state index contributed by atoms with van der Waals surface area (Å²) in [6.07, 6.45) is 7.63. The summed E-state index contributed by atoms with van der Waals surface area (Å²) in [6, 6.07) is 0.502. The predicted molar refractivity (Wildman–Crippen MR) is 63.3 cm³/mol. The summed E-state index contributed by atoms with van der Waals surface area (Å²) < 4.78 is 0. The first-order valence-corrected chi connectivity index (χ1v) is 6.53. The summed E-state index contributed by atoms with van der Waals surface area (Å²) in [5.41, 5.74) is -0.448. The van der Waals surface area contributed by atoms with Crippen molar-refractivity contribution in [2.24, 2.45) is 0 Å². The van der Waals surface area contributed by atoms with E-state index in [9.17, 15) is 9.90 Å². The Labute approximate surface area is 97.8 Å². The molecule has 2 aliphatic rings. The van der Waals surface area contributed by atoms with Gasteiger partial charge in [0.1, 0.15) is 5.78 Å². The topological polar surface area (TPSA) is 40.5 Å². The molecule has 1 N–H and O–H groups in total. The zero-order valence-corrected chi connectivity index (χ0v) is 10.2. The summed E-state index contributed by atoms with van der Waals surface area (Å²) in [5.74, 6) is 0.407. The molecule has 0 unspecified atom stereocenters. The zero-order valence-electron chi connectivity index (χ0n) is 10.2. The van der Waals surface area contributed by atoms with Crippen LogP contribution in [0.4, 0.5) is 0 Å². The van der Waals surface area contributed by atoms with Gasteiger partial charge in [0.25, 0.3) is 0 Å². The molecule has 2 aliphatic carbocycles. The molecule has 0 atom stereocenters. The van der Waals surface area contributed by atoms with Crippen LogP contribution in [-0.4, -0.2) is 41.0 Å². The van der Waals surface area contributed by atoms with Gasteiger partial charge in [-0.25, -0.2) is 0 Å². The molecule has 2 fully saturated rings. The second-order valence-electron chi connectivity index (χ2n) is 5.62. The van der Waals surface area contributed by atoms with Crippen LogP contribution in [0.5, 0.6) is 0 Å². The van der Waals surface area contributed by atoms with Crippen molar-refractivity contribution in [2.75, 3.05) is 13.6 Å². The van der Waals surface area contributed by atoms with Crippen LogP contribution < -0.4 is 0 Å². The molecule has 0 heterocycles. The number of likely N-dealkylation sites (N-methyl/N-ethyl adjacent to an activating group) is 1. The normalized spacial score (nSPS) is 26.6. The van der Waals surface area contributed by atoms with E-state index < -0.39 is 5.60 Å². The molecule has 0 saturated heterocycles. The third-order valence-electron chi connectivity index (χ3n) is 4.21. The van der Waals surface area contributed by atoms with E-state index in [0.29, 0.717) is 11.8 Å². The highest BCUT2D eigenvalue weighted by molar-refractivity contribution is 5.79. The van der Waals surface area contributed by atoms with E-state index in [1.165, 1.54) is 0 Å². The number of carbonyl (C=O) groups excluding carboxylic acids is 1. The van der Waals surface area contributed by atoms with Crippen LogP contribution in [0, 0.1) is 0 Å². The lowest BCUT2D eigenvalue weighted by Crippen LogP contribution is -2.45. The number of ketones is 1. The highest BCUT2D eigenvalue weighted by atomic mass is 16.3. The number of hydrogen-bond donors (Lipinski definition) is 1. The highest BCUT2D eigenvalue weighted by Crippen LogP contribution is 2.31. The van der Waals surface area contributed by atoms with E-state index >= 15 is 0 Å². The van der Waals surface area contributed by atoms with Crippen LogP contribution in [0.2, 0.25) is 0 Å². The maximum atomic E-state index is 11.2. The number of nitrogens with zero attached hydrogens (tertiary/aromatic N) is 1. The second-order valence-corrected chi connectivity index (χ2v) is 5.62. The van der Waals surface area contributed by atoms with Gasteiger partial charge in [0.2, 0.25) is 0 Å². The fraction of sp³-hybridized carbons (Fsp3) is 0.923. The molecule has 0 amide bonds. The Bertz CT molecular complexity index is 249. The number of carbonyl (C=O) groups is 1. The number of hydrogen-bond acceptors (Lipinski definition) is 3. The van der Waals surface area contributed by atoms with Crippen molar-refractivity contribution in [1.82, 2.24) is 4.90 Å². The fourth-order valence-electron chi connectivity index (χ4n) is 3.15. The summed E-state index contributed by atoms with van der Waals surface area (Å²) in [5, 5.41) is 10.3. The SMILES string of the molecule is CN(CC1(O)CCCC1)C1CCC(=O)CC1. The van der Waals surface area contributed by atoms with Gasteiger partial charge in [-0.1, -0.05) is 12.8 Å². The lowest BCUT2D eigenvalue weighted by molar-refractivity contribution is -0.121. The van der Waals surface area contributed by atoms with Crippen molar-refractivity contribution in [3.05, 3.63) is 0 Å². The largest absolute Gasteiger partial charge is 0.389 e. The molecule has 16 heavy (non-hydrogen) atoms. The van der Waals surface area contributed by atoms with E-state index in [1.54, 1.807) is 0 Å². The Morgan fingerprint density at radius 3 is 2.44 bits per heavy atom. The number of aliphatic hydroxyl groups is 1. The molecule has 2 rings (SSSR count). The van der Waals surface area contributed by atoms with Gasteiger partial charge in [-0.2, -0.15) is 0 Å². The van der Waals surface area contributed by atoms with Gasteiger partial charge in [-0.15, -0.1) is 0 Å². The molecular weight excluding hydrogens is 202 g/mol. The van der Waals surface area contributed by atoms with E-state index in [2.05, 4.69) is 11.9 Å². The lowest BCUT2D eigenvalue weighted by atomic mass is 9.92. The number of Topliss-reactive ketones (excluding diaryl/α,β-unsaturated/α-hetero) is 1. The van der Waals surface area contributed by atoms with Crippen molar-refractivity contribution in [1.29, 1.82) is 0 Å². The molecule has 92 valence electrons. The van der Waals surface area contributed by atoms with Crippen molar-refractivity contribution in [3.63, 3.8) is 0 Å². The predicted octanol–water partition coefficient (Wildman–Crippen LogP) is 1.73. The molecule has 0 aromatic carbocycles. The zero-order chi connectivity index (χ0) is 11.6. The van der Waals surface area contributed by atoms with Gasteiger partial charge < -0.3 is 10.0 Å². The van der Waals surface area contributed by atoms with Crippen LogP contribution in [0.15, 0.2) is 0 Å². The highest BCUT2D eigenvalue weighted by Gasteiger charge is 2.34. The summed E-state index contributed by atoms with van der Waals surface area (Å²) in [6.45, 7) is 0.784. The average molecular weight is 225 g/mol.